The molecule has 6 nitrogen and oxygen atoms in total. The fourth-order valence-electron chi connectivity index (χ4n) is 2.72. The predicted molar refractivity (Wildman–Crippen MR) is 127 cm³/mol. The zero-order chi connectivity index (χ0) is 23.1. The van der Waals surface area contributed by atoms with E-state index in [1.807, 2.05) is 58.9 Å². The third-order valence-electron chi connectivity index (χ3n) is 4.60. The lowest BCUT2D eigenvalue weighted by atomic mass is 10.1. The van der Waals surface area contributed by atoms with E-state index in [4.69, 9.17) is 4.74 Å². The summed E-state index contributed by atoms with van der Waals surface area (Å²) in [6, 6.07) is 7.50. The smallest absolute Gasteiger partial charge is 0.341 e. The first-order valence-corrected chi connectivity index (χ1v) is 11.2. The molecule has 0 radical (unpaired) electrons. The number of esters is 1. The lowest BCUT2D eigenvalue weighted by Crippen LogP contribution is -2.17. The van der Waals surface area contributed by atoms with E-state index < -0.39 is 5.97 Å². The number of ketones is 1. The minimum atomic E-state index is -0.408. The predicted octanol–water partition coefficient (Wildman–Crippen LogP) is 5.65. The molecule has 166 valence electrons. The Balaban J connectivity index is 2.36. The van der Waals surface area contributed by atoms with Crippen molar-refractivity contribution in [2.45, 2.75) is 41.5 Å². The Bertz CT molecular complexity index is 972. The van der Waals surface area contributed by atoms with Gasteiger partial charge < -0.3 is 15.4 Å². The molecule has 0 saturated heterocycles. The molecule has 2 N–H and O–H groups in total. The van der Waals surface area contributed by atoms with Crippen molar-refractivity contribution in [2.75, 3.05) is 17.2 Å². The van der Waals surface area contributed by atoms with Gasteiger partial charge in [0.2, 0.25) is 5.91 Å². The molecule has 0 bridgehead atoms. The Morgan fingerprint density at radius 1 is 1.06 bits per heavy atom. The first-order chi connectivity index (χ1) is 14.6. The highest BCUT2D eigenvalue weighted by atomic mass is 32.1. The van der Waals surface area contributed by atoms with Crippen LogP contribution in [0.1, 0.15) is 50.5 Å². The maximum atomic E-state index is 12.6. The molecule has 2 rings (SSSR count). The first-order valence-electron chi connectivity index (χ1n) is 10.3. The summed E-state index contributed by atoms with van der Waals surface area (Å²) in [6.45, 7) is 11.3. The maximum absolute atomic E-state index is 12.6. The number of allylic oxidation sites excluding steroid dienone is 1. The van der Waals surface area contributed by atoms with E-state index >= 15 is 0 Å². The van der Waals surface area contributed by atoms with Gasteiger partial charge in [-0.15, -0.1) is 11.3 Å². The van der Waals surface area contributed by atoms with Crippen LogP contribution in [0.5, 0.6) is 0 Å². The van der Waals surface area contributed by atoms with Gasteiger partial charge in [-0.1, -0.05) is 39.8 Å². The second-order valence-electron chi connectivity index (χ2n) is 7.74. The molecule has 0 fully saturated rings. The van der Waals surface area contributed by atoms with Crippen LogP contribution in [0.15, 0.2) is 36.5 Å². The zero-order valence-electron chi connectivity index (χ0n) is 18.9. The summed E-state index contributed by atoms with van der Waals surface area (Å²) in [6.07, 6.45) is 3.03. The normalized spacial score (nSPS) is 11.2. The largest absolute Gasteiger partial charge is 0.462 e. The molecule has 1 aromatic heterocycles. The van der Waals surface area contributed by atoms with Crippen LogP contribution < -0.4 is 10.6 Å². The number of nitrogens with one attached hydrogen (secondary N) is 2. The van der Waals surface area contributed by atoms with E-state index in [2.05, 4.69) is 10.6 Å². The van der Waals surface area contributed by atoms with E-state index in [9.17, 15) is 14.4 Å². The van der Waals surface area contributed by atoms with E-state index in [0.717, 1.165) is 21.7 Å². The van der Waals surface area contributed by atoms with E-state index in [0.29, 0.717) is 10.6 Å². The van der Waals surface area contributed by atoms with Gasteiger partial charge in [0.05, 0.1) is 12.2 Å². The molecule has 0 aliphatic heterocycles. The summed E-state index contributed by atoms with van der Waals surface area (Å²) in [5.74, 6) is -0.653. The van der Waals surface area contributed by atoms with Crippen LogP contribution in [0.3, 0.4) is 0 Å². The third kappa shape index (κ3) is 6.28. The lowest BCUT2D eigenvalue weighted by molar-refractivity contribution is -0.119. The zero-order valence-corrected chi connectivity index (χ0v) is 19.7. The highest BCUT2D eigenvalue weighted by Gasteiger charge is 2.23. The molecule has 0 spiro atoms. The molecule has 1 heterocycles. The van der Waals surface area contributed by atoms with Crippen molar-refractivity contribution in [1.29, 1.82) is 0 Å². The summed E-state index contributed by atoms with van der Waals surface area (Å²) in [5.41, 5.74) is 2.90. The summed E-state index contributed by atoms with van der Waals surface area (Å²) in [7, 11) is 0. The van der Waals surface area contributed by atoms with Crippen molar-refractivity contribution in [1.82, 2.24) is 0 Å². The molecule has 0 atom stereocenters. The van der Waals surface area contributed by atoms with Crippen LogP contribution in [0.4, 0.5) is 10.7 Å². The van der Waals surface area contributed by atoms with E-state index in [1.54, 1.807) is 13.1 Å². The van der Waals surface area contributed by atoms with Crippen LogP contribution in [-0.4, -0.2) is 24.3 Å². The molecular formula is C24H30N2O4S. The van der Waals surface area contributed by atoms with Crippen LogP contribution >= 0.6 is 11.3 Å². The van der Waals surface area contributed by atoms with Gasteiger partial charge in [-0.2, -0.15) is 0 Å². The number of carbonyl (C=O) groups is 3. The Kier molecular flexibility index (Phi) is 8.56. The number of rotatable bonds is 9. The molecule has 31 heavy (non-hydrogen) atoms. The van der Waals surface area contributed by atoms with Gasteiger partial charge in [0.1, 0.15) is 5.00 Å². The fourth-order valence-corrected chi connectivity index (χ4v) is 3.90. The second kappa shape index (κ2) is 10.9. The standard InChI is InChI=1S/C24H30N2O4S/c1-7-30-24(29)20-16(6)21(31-23(20)25-13-12-19(27)14(2)3)17-8-10-18(11-9-17)26-22(28)15(4)5/h8-15,25H,7H2,1-6H3,(H,26,28). The van der Waals surface area contributed by atoms with Crippen LogP contribution in [0, 0.1) is 18.8 Å². The topological polar surface area (TPSA) is 84.5 Å². The van der Waals surface area contributed by atoms with Crippen molar-refractivity contribution in [3.63, 3.8) is 0 Å². The molecular weight excluding hydrogens is 412 g/mol. The number of hydrogen-bond donors (Lipinski definition) is 2. The van der Waals surface area contributed by atoms with Crippen molar-refractivity contribution in [3.8, 4) is 10.4 Å². The Labute approximate surface area is 187 Å². The number of benzene rings is 1. The Morgan fingerprint density at radius 2 is 1.71 bits per heavy atom. The molecule has 2 aromatic rings. The van der Waals surface area contributed by atoms with Gasteiger partial charge in [0.15, 0.2) is 5.78 Å². The van der Waals surface area contributed by atoms with Gasteiger partial charge in [-0.05, 0) is 43.2 Å². The van der Waals surface area contributed by atoms with Gasteiger partial charge in [0, 0.05) is 28.6 Å². The van der Waals surface area contributed by atoms with E-state index in [-0.39, 0.29) is 30.1 Å². The summed E-state index contributed by atoms with van der Waals surface area (Å²) < 4.78 is 5.24. The van der Waals surface area contributed by atoms with Crippen LogP contribution in [-0.2, 0) is 14.3 Å². The summed E-state index contributed by atoms with van der Waals surface area (Å²) in [4.78, 5) is 37.2. The van der Waals surface area contributed by atoms with Crippen LogP contribution in [0.2, 0.25) is 0 Å². The highest BCUT2D eigenvalue weighted by Crippen LogP contribution is 2.40. The van der Waals surface area contributed by atoms with Crippen molar-refractivity contribution >= 4 is 39.7 Å². The Morgan fingerprint density at radius 3 is 2.26 bits per heavy atom. The monoisotopic (exact) mass is 442 g/mol. The quantitative estimate of drug-likeness (QED) is 0.387. The molecule has 0 saturated carbocycles. The van der Waals surface area contributed by atoms with Gasteiger partial charge >= 0.3 is 5.97 Å². The van der Waals surface area contributed by atoms with Crippen molar-refractivity contribution in [2.24, 2.45) is 11.8 Å². The highest BCUT2D eigenvalue weighted by molar-refractivity contribution is 7.20. The number of ether oxygens (including phenoxy) is 1. The number of hydrogen-bond acceptors (Lipinski definition) is 6. The number of anilines is 2. The van der Waals surface area contributed by atoms with Gasteiger partial charge in [0.25, 0.3) is 0 Å². The Hall–Kier alpha value is -2.93. The van der Waals surface area contributed by atoms with Gasteiger partial charge in [-0.3, -0.25) is 9.59 Å². The van der Waals surface area contributed by atoms with Crippen molar-refractivity contribution in [3.05, 3.63) is 47.7 Å². The second-order valence-corrected chi connectivity index (χ2v) is 8.76. The molecule has 0 aliphatic rings. The maximum Gasteiger partial charge on any atom is 0.341 e. The molecule has 0 aliphatic carbocycles. The summed E-state index contributed by atoms with van der Waals surface area (Å²) >= 11 is 1.42. The third-order valence-corrected chi connectivity index (χ3v) is 5.87. The fraction of sp³-hybridized carbons (Fsp3) is 0.375. The molecule has 7 heteroatoms. The molecule has 0 unspecified atom stereocenters. The van der Waals surface area contributed by atoms with Crippen molar-refractivity contribution < 1.29 is 19.1 Å². The minimum Gasteiger partial charge on any atom is -0.462 e. The number of amides is 1. The first kappa shape index (κ1) is 24.3. The van der Waals surface area contributed by atoms with Gasteiger partial charge in [-0.25, -0.2) is 4.79 Å². The molecule has 1 aromatic carbocycles. The molecule has 1 amide bonds. The SMILES string of the molecule is CCOC(=O)c1c(NC=CC(=O)C(C)C)sc(-c2ccc(NC(=O)C(C)C)cc2)c1C. The lowest BCUT2D eigenvalue weighted by Gasteiger charge is -2.08. The average Bonchev–Trinajstić information content (AvgIpc) is 3.04. The minimum absolute atomic E-state index is 0.00211. The summed E-state index contributed by atoms with van der Waals surface area (Å²) in [5, 5.41) is 6.57. The van der Waals surface area contributed by atoms with E-state index in [1.165, 1.54) is 17.4 Å². The van der Waals surface area contributed by atoms with Crippen LogP contribution in [0.25, 0.3) is 10.4 Å². The number of thiophene rings is 1. The average molecular weight is 443 g/mol. The number of carbonyl (C=O) groups excluding carboxylic acids is 3.